The van der Waals surface area contributed by atoms with Crippen LogP contribution in [0.3, 0.4) is 0 Å². The maximum Gasteiger partial charge on any atom is 0.330 e. The first-order chi connectivity index (χ1) is 10.5. The summed E-state index contributed by atoms with van der Waals surface area (Å²) in [4.78, 5) is 23.8. The summed E-state index contributed by atoms with van der Waals surface area (Å²) in [6.07, 6.45) is 0.424. The third kappa shape index (κ3) is 3.30. The van der Waals surface area contributed by atoms with Gasteiger partial charge in [-0.2, -0.15) is 11.8 Å². The summed E-state index contributed by atoms with van der Waals surface area (Å²) in [7, 11) is 1.49. The Kier molecular flexibility index (Phi) is 5.18. The van der Waals surface area contributed by atoms with Crippen molar-refractivity contribution in [2.75, 3.05) is 25.2 Å². The van der Waals surface area contributed by atoms with Crippen molar-refractivity contribution in [2.24, 2.45) is 0 Å². The Balaban J connectivity index is 2.20. The fraction of sp³-hybridized carbons (Fsp3) is 0.467. The Hall–Kier alpha value is -1.89. The van der Waals surface area contributed by atoms with Crippen LogP contribution in [0.25, 0.3) is 0 Å². The molecule has 1 amide bonds. The third-order valence-corrected chi connectivity index (χ3v) is 4.70. The lowest BCUT2D eigenvalue weighted by Crippen LogP contribution is -2.54. The lowest BCUT2D eigenvalue weighted by Gasteiger charge is -2.24. The predicted molar refractivity (Wildman–Crippen MR) is 83.9 cm³/mol. The number of carbonyl (C=O) groups is 2. The van der Waals surface area contributed by atoms with Crippen molar-refractivity contribution in [1.82, 2.24) is 5.32 Å². The van der Waals surface area contributed by atoms with Crippen molar-refractivity contribution in [3.63, 3.8) is 0 Å². The van der Waals surface area contributed by atoms with Crippen LogP contribution in [0.5, 0.6) is 11.5 Å². The van der Waals surface area contributed by atoms with E-state index in [-0.39, 0.29) is 0 Å². The fourth-order valence-electron chi connectivity index (χ4n) is 2.26. The van der Waals surface area contributed by atoms with Gasteiger partial charge in [0.05, 0.1) is 13.7 Å². The van der Waals surface area contributed by atoms with Crippen molar-refractivity contribution in [2.45, 2.75) is 18.9 Å². The summed E-state index contributed by atoms with van der Waals surface area (Å²) in [5, 5.41) is 12.1. The van der Waals surface area contributed by atoms with Crippen LogP contribution < -0.4 is 14.8 Å². The van der Waals surface area contributed by atoms with Crippen molar-refractivity contribution >= 4 is 23.6 Å². The minimum atomic E-state index is -1.19. The van der Waals surface area contributed by atoms with Crippen molar-refractivity contribution in [3.8, 4) is 11.5 Å². The number of aliphatic carboxylic acids is 1. The van der Waals surface area contributed by atoms with Gasteiger partial charge in [-0.1, -0.05) is 0 Å². The SMILES string of the molecule is CCOc1ccc(C(=O)NC2(C(=O)O)CCSC2)cc1OC. The average Bonchev–Trinajstić information content (AvgIpc) is 2.97. The minimum absolute atomic E-state index is 0.345. The largest absolute Gasteiger partial charge is 0.493 e. The molecule has 7 heteroatoms. The summed E-state index contributed by atoms with van der Waals surface area (Å²) < 4.78 is 10.6. The van der Waals surface area contributed by atoms with E-state index in [1.807, 2.05) is 6.92 Å². The average molecular weight is 325 g/mol. The van der Waals surface area contributed by atoms with Crippen LogP contribution in [0, 0.1) is 0 Å². The van der Waals surface area contributed by atoms with Gasteiger partial charge in [-0.05, 0) is 37.3 Å². The zero-order chi connectivity index (χ0) is 16.2. The molecule has 1 aromatic rings. The fourth-order valence-corrected chi connectivity index (χ4v) is 3.58. The number of amides is 1. The highest BCUT2D eigenvalue weighted by molar-refractivity contribution is 7.99. The molecule has 6 nitrogen and oxygen atoms in total. The first kappa shape index (κ1) is 16.5. The van der Waals surface area contributed by atoms with Gasteiger partial charge >= 0.3 is 5.97 Å². The molecule has 0 aliphatic carbocycles. The van der Waals surface area contributed by atoms with E-state index in [9.17, 15) is 14.7 Å². The molecule has 1 fully saturated rings. The van der Waals surface area contributed by atoms with E-state index in [0.717, 1.165) is 5.75 Å². The van der Waals surface area contributed by atoms with E-state index in [0.29, 0.717) is 35.8 Å². The maximum absolute atomic E-state index is 12.4. The number of carboxylic acids is 1. The Labute approximate surface area is 133 Å². The van der Waals surface area contributed by atoms with Gasteiger partial charge in [0.2, 0.25) is 0 Å². The van der Waals surface area contributed by atoms with Gasteiger partial charge in [-0.15, -0.1) is 0 Å². The van der Waals surface area contributed by atoms with Crippen LogP contribution in [0.15, 0.2) is 18.2 Å². The summed E-state index contributed by atoms with van der Waals surface area (Å²) >= 11 is 1.52. The number of carbonyl (C=O) groups excluding carboxylic acids is 1. The van der Waals surface area contributed by atoms with Crippen molar-refractivity contribution < 1.29 is 24.2 Å². The molecule has 2 N–H and O–H groups in total. The van der Waals surface area contributed by atoms with E-state index in [1.165, 1.54) is 18.9 Å². The minimum Gasteiger partial charge on any atom is -0.493 e. The van der Waals surface area contributed by atoms with Crippen LogP contribution in [0.1, 0.15) is 23.7 Å². The highest BCUT2D eigenvalue weighted by Gasteiger charge is 2.43. The lowest BCUT2D eigenvalue weighted by atomic mass is 9.98. The van der Waals surface area contributed by atoms with Gasteiger partial charge in [0.25, 0.3) is 5.91 Å². The number of nitrogens with one attached hydrogen (secondary N) is 1. The Morgan fingerprint density at radius 1 is 1.41 bits per heavy atom. The molecule has 1 unspecified atom stereocenters. The van der Waals surface area contributed by atoms with Gasteiger partial charge in [0.1, 0.15) is 5.54 Å². The van der Waals surface area contributed by atoms with E-state index < -0.39 is 17.4 Å². The molecule has 1 saturated heterocycles. The number of ether oxygens (including phenoxy) is 2. The molecule has 22 heavy (non-hydrogen) atoms. The Bertz CT molecular complexity index is 569. The summed E-state index contributed by atoms with van der Waals surface area (Å²) in [5.41, 5.74) is -0.842. The van der Waals surface area contributed by atoms with Crippen LogP contribution in [0.4, 0.5) is 0 Å². The number of methoxy groups -OCH3 is 1. The number of hydrogen-bond acceptors (Lipinski definition) is 5. The van der Waals surface area contributed by atoms with Gasteiger partial charge in [0.15, 0.2) is 11.5 Å². The number of thioether (sulfide) groups is 1. The zero-order valence-corrected chi connectivity index (χ0v) is 13.4. The second-order valence-electron chi connectivity index (χ2n) is 4.94. The summed E-state index contributed by atoms with van der Waals surface area (Å²) in [6.45, 7) is 2.34. The van der Waals surface area contributed by atoms with Crippen LogP contribution >= 0.6 is 11.8 Å². The van der Waals surface area contributed by atoms with E-state index in [4.69, 9.17) is 9.47 Å². The number of hydrogen-bond donors (Lipinski definition) is 2. The molecule has 1 heterocycles. The second-order valence-corrected chi connectivity index (χ2v) is 6.05. The van der Waals surface area contributed by atoms with Crippen molar-refractivity contribution in [1.29, 1.82) is 0 Å². The molecular formula is C15H19NO5S. The predicted octanol–water partition coefficient (Wildman–Crippen LogP) is 1.78. The van der Waals surface area contributed by atoms with Crippen LogP contribution in [0.2, 0.25) is 0 Å². The molecule has 120 valence electrons. The standard InChI is InChI=1S/C15H19NO5S/c1-3-21-11-5-4-10(8-12(11)20-2)13(17)16-15(14(18)19)6-7-22-9-15/h4-5,8H,3,6-7,9H2,1-2H3,(H,16,17)(H,18,19). The first-order valence-corrected chi connectivity index (χ1v) is 8.12. The number of carboxylic acid groups (broad SMARTS) is 1. The normalized spacial score (nSPS) is 20.5. The molecule has 0 saturated carbocycles. The van der Waals surface area contributed by atoms with E-state index >= 15 is 0 Å². The molecule has 0 bridgehead atoms. The van der Waals surface area contributed by atoms with E-state index in [2.05, 4.69) is 5.32 Å². The molecule has 1 atom stereocenters. The molecule has 0 spiro atoms. The smallest absolute Gasteiger partial charge is 0.330 e. The first-order valence-electron chi connectivity index (χ1n) is 6.97. The third-order valence-electron chi connectivity index (χ3n) is 3.51. The molecular weight excluding hydrogens is 306 g/mol. The molecule has 2 rings (SSSR count). The molecule has 1 aliphatic rings. The van der Waals surface area contributed by atoms with Gasteiger partial charge in [-0.3, -0.25) is 4.79 Å². The highest BCUT2D eigenvalue weighted by atomic mass is 32.2. The quantitative estimate of drug-likeness (QED) is 0.829. The molecule has 0 aromatic heterocycles. The summed E-state index contributed by atoms with van der Waals surface area (Å²) in [6, 6.07) is 4.80. The Morgan fingerprint density at radius 3 is 2.73 bits per heavy atom. The van der Waals surface area contributed by atoms with Gasteiger partial charge in [0, 0.05) is 11.3 Å². The van der Waals surface area contributed by atoms with Gasteiger partial charge < -0.3 is 19.9 Å². The number of benzene rings is 1. The van der Waals surface area contributed by atoms with Gasteiger partial charge in [-0.25, -0.2) is 4.79 Å². The van der Waals surface area contributed by atoms with Crippen molar-refractivity contribution in [3.05, 3.63) is 23.8 Å². The Morgan fingerprint density at radius 2 is 2.18 bits per heavy atom. The van der Waals surface area contributed by atoms with Crippen LogP contribution in [-0.2, 0) is 4.79 Å². The molecule has 1 aliphatic heterocycles. The second kappa shape index (κ2) is 6.91. The molecule has 1 aromatic carbocycles. The molecule has 0 radical (unpaired) electrons. The highest BCUT2D eigenvalue weighted by Crippen LogP contribution is 2.30. The number of rotatable bonds is 6. The zero-order valence-electron chi connectivity index (χ0n) is 12.5. The monoisotopic (exact) mass is 325 g/mol. The lowest BCUT2D eigenvalue weighted by molar-refractivity contribution is -0.143. The summed E-state index contributed by atoms with van der Waals surface area (Å²) in [5.74, 6) is 0.669. The maximum atomic E-state index is 12.4. The topological polar surface area (TPSA) is 84.9 Å². The van der Waals surface area contributed by atoms with Crippen LogP contribution in [-0.4, -0.2) is 47.7 Å². The van der Waals surface area contributed by atoms with E-state index in [1.54, 1.807) is 18.2 Å².